The van der Waals surface area contributed by atoms with Gasteiger partial charge in [0.25, 0.3) is 0 Å². The van der Waals surface area contributed by atoms with Gasteiger partial charge in [-0.3, -0.25) is 4.57 Å². The van der Waals surface area contributed by atoms with Crippen LogP contribution in [0.4, 0.5) is 0 Å². The lowest BCUT2D eigenvalue weighted by atomic mass is 10.3. The van der Waals surface area contributed by atoms with Crippen LogP contribution in [0.3, 0.4) is 0 Å². The minimum absolute atomic E-state index is 0.0194. The minimum Gasteiger partial charge on any atom is -0.487 e. The van der Waals surface area contributed by atoms with E-state index in [9.17, 15) is 4.57 Å². The maximum absolute atomic E-state index is 12.0. The summed E-state index contributed by atoms with van der Waals surface area (Å²) in [4.78, 5) is 4.70. The molecule has 0 fully saturated rings. The van der Waals surface area contributed by atoms with Crippen LogP contribution in [0.25, 0.3) is 0 Å². The van der Waals surface area contributed by atoms with Crippen molar-refractivity contribution < 1.29 is 23.2 Å². The van der Waals surface area contributed by atoms with Gasteiger partial charge in [0.05, 0.1) is 6.16 Å². The highest BCUT2D eigenvalue weighted by atomic mass is 35.5. The third-order valence-electron chi connectivity index (χ3n) is 2.35. The van der Waals surface area contributed by atoms with Gasteiger partial charge in [0.1, 0.15) is 25.2 Å². The summed E-state index contributed by atoms with van der Waals surface area (Å²) in [6.45, 7) is 0.0882. The lowest BCUT2D eigenvalue weighted by Crippen LogP contribution is -2.17. The Morgan fingerprint density at radius 3 is 2.55 bits per heavy atom. The van der Waals surface area contributed by atoms with E-state index in [4.69, 9.17) is 30.2 Å². The second-order valence-electron chi connectivity index (χ2n) is 3.72. The number of oxime groups is 1. The molecule has 0 aromatic heterocycles. The monoisotopic (exact) mass is 321 g/mol. The van der Waals surface area contributed by atoms with Crippen LogP contribution in [0.5, 0.6) is 5.75 Å². The minimum atomic E-state index is -3.21. The zero-order chi connectivity index (χ0) is 15.0. The average molecular weight is 322 g/mol. The van der Waals surface area contributed by atoms with Crippen LogP contribution in [0, 0.1) is 0 Å². The van der Waals surface area contributed by atoms with Crippen LogP contribution < -0.4 is 4.74 Å². The molecule has 0 saturated carbocycles. The van der Waals surface area contributed by atoms with Crippen molar-refractivity contribution in [3.63, 3.8) is 0 Å². The molecular weight excluding hydrogens is 305 g/mol. The van der Waals surface area contributed by atoms with E-state index >= 15 is 0 Å². The quantitative estimate of drug-likeness (QED) is 0.418. The van der Waals surface area contributed by atoms with E-state index in [1.807, 2.05) is 0 Å². The Kier molecular flexibility index (Phi) is 7.02. The molecule has 0 aliphatic rings. The van der Waals surface area contributed by atoms with E-state index in [-0.39, 0.29) is 12.8 Å². The number of ether oxygens (including phenoxy) is 1. The SMILES string of the molecule is CON=C(COc1cccc(Cl)c1)CP(=O)(OC)OC. The Labute approximate surface area is 123 Å². The van der Waals surface area contributed by atoms with Gasteiger partial charge < -0.3 is 18.6 Å². The molecule has 0 radical (unpaired) electrons. The highest BCUT2D eigenvalue weighted by Gasteiger charge is 2.25. The van der Waals surface area contributed by atoms with Gasteiger partial charge in [0, 0.05) is 19.2 Å². The summed E-state index contributed by atoms with van der Waals surface area (Å²) in [5.74, 6) is 0.575. The number of halogens is 1. The molecule has 112 valence electrons. The second kappa shape index (κ2) is 8.27. The Hall–Kier alpha value is -1.07. The van der Waals surface area contributed by atoms with Gasteiger partial charge in [-0.1, -0.05) is 22.8 Å². The summed E-state index contributed by atoms with van der Waals surface area (Å²) >= 11 is 5.85. The highest BCUT2D eigenvalue weighted by Crippen LogP contribution is 2.46. The van der Waals surface area contributed by atoms with Gasteiger partial charge in [0.15, 0.2) is 0 Å². The van der Waals surface area contributed by atoms with Crippen LogP contribution in [-0.4, -0.2) is 39.8 Å². The number of nitrogens with zero attached hydrogens (tertiary/aromatic N) is 1. The average Bonchev–Trinajstić information content (AvgIpc) is 2.45. The topological polar surface area (TPSA) is 66.4 Å². The zero-order valence-corrected chi connectivity index (χ0v) is 13.2. The van der Waals surface area contributed by atoms with Crippen LogP contribution in [0.15, 0.2) is 29.4 Å². The maximum atomic E-state index is 12.0. The summed E-state index contributed by atoms with van der Waals surface area (Å²) in [5.41, 5.74) is 0.402. The fourth-order valence-corrected chi connectivity index (χ4v) is 2.56. The molecule has 0 aliphatic heterocycles. The first-order valence-electron chi connectivity index (χ1n) is 5.71. The Bertz CT molecular complexity index is 500. The smallest absolute Gasteiger partial charge is 0.336 e. The molecule has 1 aromatic carbocycles. The van der Waals surface area contributed by atoms with Crippen LogP contribution in [-0.2, 0) is 18.5 Å². The molecule has 6 nitrogen and oxygen atoms in total. The molecule has 8 heteroatoms. The molecule has 0 heterocycles. The zero-order valence-electron chi connectivity index (χ0n) is 11.5. The van der Waals surface area contributed by atoms with Gasteiger partial charge in [-0.05, 0) is 18.2 Å². The molecule has 0 N–H and O–H groups in total. The third-order valence-corrected chi connectivity index (χ3v) is 4.45. The normalized spacial score (nSPS) is 12.3. The molecule has 0 unspecified atom stereocenters. The van der Waals surface area contributed by atoms with Crippen molar-refractivity contribution in [1.82, 2.24) is 0 Å². The molecule has 1 rings (SSSR count). The summed E-state index contributed by atoms with van der Waals surface area (Å²) in [7, 11) is 0.802. The Morgan fingerprint density at radius 1 is 1.30 bits per heavy atom. The molecule has 1 aromatic rings. The molecular formula is C12H17ClNO5P. The van der Waals surface area contributed by atoms with Crippen LogP contribution in [0.2, 0.25) is 5.02 Å². The van der Waals surface area contributed by atoms with Crippen LogP contribution >= 0.6 is 19.2 Å². The van der Waals surface area contributed by atoms with E-state index in [1.54, 1.807) is 24.3 Å². The first-order valence-corrected chi connectivity index (χ1v) is 7.81. The number of hydrogen-bond donors (Lipinski definition) is 0. The summed E-state index contributed by atoms with van der Waals surface area (Å²) < 4.78 is 27.3. The van der Waals surface area contributed by atoms with Crippen molar-refractivity contribution >= 4 is 24.9 Å². The first kappa shape index (κ1) is 17.0. The predicted octanol–water partition coefficient (Wildman–Crippen LogP) is 3.21. The van der Waals surface area contributed by atoms with Gasteiger partial charge in [-0.25, -0.2) is 0 Å². The molecule has 20 heavy (non-hydrogen) atoms. The maximum Gasteiger partial charge on any atom is 0.336 e. The second-order valence-corrected chi connectivity index (χ2v) is 6.43. The largest absolute Gasteiger partial charge is 0.487 e. The third kappa shape index (κ3) is 5.51. The molecule has 0 atom stereocenters. The molecule has 0 saturated heterocycles. The molecule has 0 bridgehead atoms. The van der Waals surface area contributed by atoms with Gasteiger partial charge in [-0.15, -0.1) is 0 Å². The number of hydrogen-bond acceptors (Lipinski definition) is 6. The van der Waals surface area contributed by atoms with E-state index in [0.717, 1.165) is 0 Å². The summed E-state index contributed by atoms with van der Waals surface area (Å²) in [6.07, 6.45) is -0.0194. The highest BCUT2D eigenvalue weighted by molar-refractivity contribution is 7.54. The van der Waals surface area contributed by atoms with E-state index in [0.29, 0.717) is 16.5 Å². The van der Waals surface area contributed by atoms with Crippen molar-refractivity contribution in [2.75, 3.05) is 34.1 Å². The standard InChI is InChI=1S/C12H17ClNO5P/c1-16-14-11(9-20(15,17-2)18-3)8-19-12-6-4-5-10(13)7-12/h4-7H,8-9H2,1-3H3. The van der Waals surface area contributed by atoms with E-state index in [1.165, 1.54) is 21.3 Å². The van der Waals surface area contributed by atoms with Gasteiger partial charge >= 0.3 is 7.60 Å². The number of benzene rings is 1. The lowest BCUT2D eigenvalue weighted by molar-refractivity contribution is 0.209. The Balaban J connectivity index is 2.69. The van der Waals surface area contributed by atoms with Crippen LogP contribution in [0.1, 0.15) is 0 Å². The van der Waals surface area contributed by atoms with E-state index in [2.05, 4.69) is 5.16 Å². The first-order chi connectivity index (χ1) is 9.53. The Morgan fingerprint density at radius 2 is 2.00 bits per heavy atom. The van der Waals surface area contributed by atoms with Crippen molar-refractivity contribution in [3.05, 3.63) is 29.3 Å². The number of rotatable bonds is 8. The molecule has 0 aliphatic carbocycles. The predicted molar refractivity (Wildman–Crippen MR) is 77.9 cm³/mol. The van der Waals surface area contributed by atoms with Gasteiger partial charge in [-0.2, -0.15) is 0 Å². The fourth-order valence-electron chi connectivity index (χ4n) is 1.38. The lowest BCUT2D eigenvalue weighted by Gasteiger charge is -2.15. The molecule has 0 spiro atoms. The van der Waals surface area contributed by atoms with Crippen molar-refractivity contribution in [2.24, 2.45) is 5.16 Å². The van der Waals surface area contributed by atoms with E-state index < -0.39 is 7.60 Å². The van der Waals surface area contributed by atoms with Crippen molar-refractivity contribution in [3.8, 4) is 5.75 Å². The molecule has 0 amide bonds. The summed E-state index contributed by atoms with van der Waals surface area (Å²) in [5, 5.41) is 4.33. The fraction of sp³-hybridized carbons (Fsp3) is 0.417. The van der Waals surface area contributed by atoms with Gasteiger partial charge in [0.2, 0.25) is 0 Å². The van der Waals surface area contributed by atoms with Crippen molar-refractivity contribution in [2.45, 2.75) is 0 Å². The van der Waals surface area contributed by atoms with Crippen molar-refractivity contribution in [1.29, 1.82) is 0 Å². The summed E-state index contributed by atoms with van der Waals surface area (Å²) in [6, 6.07) is 6.92.